The highest BCUT2D eigenvalue weighted by molar-refractivity contribution is 7.91. The van der Waals surface area contributed by atoms with Crippen LogP contribution in [0.1, 0.15) is 32.6 Å². The molecule has 1 unspecified atom stereocenters. The van der Waals surface area contributed by atoms with E-state index in [1.165, 1.54) is 0 Å². The summed E-state index contributed by atoms with van der Waals surface area (Å²) in [6, 6.07) is -0.464. The summed E-state index contributed by atoms with van der Waals surface area (Å²) in [5.41, 5.74) is 0. The Morgan fingerprint density at radius 3 is 2.69 bits per heavy atom. The maximum Gasteiger partial charge on any atom is 0.315 e. The Balaban J connectivity index is 2.15. The second-order valence-corrected chi connectivity index (χ2v) is 6.44. The highest BCUT2D eigenvalue weighted by atomic mass is 32.2. The van der Waals surface area contributed by atoms with Crippen LogP contribution in [-0.2, 0) is 9.84 Å². The quantitative estimate of drug-likeness (QED) is 0.702. The van der Waals surface area contributed by atoms with Crippen molar-refractivity contribution in [2.75, 3.05) is 18.1 Å². The summed E-state index contributed by atoms with van der Waals surface area (Å²) < 4.78 is 22.3. The third-order valence-electron chi connectivity index (χ3n) is 2.63. The number of unbranched alkanes of at least 4 members (excludes halogenated alkanes) is 2. The van der Waals surface area contributed by atoms with E-state index in [0.29, 0.717) is 13.0 Å². The lowest BCUT2D eigenvalue weighted by molar-refractivity contribution is 0.238. The van der Waals surface area contributed by atoms with Crippen molar-refractivity contribution < 1.29 is 13.2 Å². The van der Waals surface area contributed by atoms with Gasteiger partial charge in [0.05, 0.1) is 11.5 Å². The van der Waals surface area contributed by atoms with Gasteiger partial charge in [-0.15, -0.1) is 0 Å². The van der Waals surface area contributed by atoms with E-state index in [0.717, 1.165) is 19.3 Å². The molecule has 1 aliphatic rings. The smallest absolute Gasteiger partial charge is 0.315 e. The fourth-order valence-electron chi connectivity index (χ4n) is 1.72. The summed E-state index contributed by atoms with van der Waals surface area (Å²) in [7, 11) is -2.91. The molecular weight excluding hydrogens is 228 g/mol. The number of sulfone groups is 1. The lowest BCUT2D eigenvalue weighted by atomic mass is 10.2. The summed E-state index contributed by atoms with van der Waals surface area (Å²) in [5.74, 6) is 0.267. The van der Waals surface area contributed by atoms with Crippen LogP contribution in [-0.4, -0.2) is 38.5 Å². The van der Waals surface area contributed by atoms with Crippen LogP contribution in [0.2, 0.25) is 0 Å². The molecule has 0 spiro atoms. The molecule has 5 nitrogen and oxygen atoms in total. The number of urea groups is 1. The fourth-order valence-corrected chi connectivity index (χ4v) is 3.40. The molecule has 16 heavy (non-hydrogen) atoms. The number of amides is 2. The number of carbonyl (C=O) groups is 1. The van der Waals surface area contributed by atoms with E-state index in [-0.39, 0.29) is 23.6 Å². The zero-order valence-electron chi connectivity index (χ0n) is 9.66. The zero-order chi connectivity index (χ0) is 12.0. The van der Waals surface area contributed by atoms with Gasteiger partial charge in [-0.05, 0) is 12.8 Å². The predicted octanol–water partition coefficient (Wildman–Crippen LogP) is 0.663. The summed E-state index contributed by atoms with van der Waals surface area (Å²) in [4.78, 5) is 11.4. The molecule has 94 valence electrons. The molecule has 0 aromatic carbocycles. The van der Waals surface area contributed by atoms with Crippen LogP contribution in [0.5, 0.6) is 0 Å². The van der Waals surface area contributed by atoms with Gasteiger partial charge in [-0.2, -0.15) is 0 Å². The predicted molar refractivity (Wildman–Crippen MR) is 63.1 cm³/mol. The number of rotatable bonds is 5. The Labute approximate surface area is 96.9 Å². The average Bonchev–Trinajstić information content (AvgIpc) is 2.53. The molecule has 0 saturated carbocycles. The molecule has 2 N–H and O–H groups in total. The van der Waals surface area contributed by atoms with Crippen molar-refractivity contribution in [3.63, 3.8) is 0 Å². The van der Waals surface area contributed by atoms with Crippen LogP contribution in [0.3, 0.4) is 0 Å². The number of hydrogen-bond donors (Lipinski definition) is 2. The first-order valence-corrected chi connectivity index (χ1v) is 7.60. The standard InChI is InChI=1S/C10H20N2O3S/c1-2-3-4-6-11-10(13)12-9-5-7-16(14,15)8-9/h9H,2-8H2,1H3,(H2,11,12,13). The zero-order valence-corrected chi connectivity index (χ0v) is 10.5. The molecule has 1 heterocycles. The minimum absolute atomic E-state index is 0.0787. The second-order valence-electron chi connectivity index (χ2n) is 4.21. The highest BCUT2D eigenvalue weighted by Gasteiger charge is 2.28. The Morgan fingerprint density at radius 1 is 1.38 bits per heavy atom. The van der Waals surface area contributed by atoms with Gasteiger partial charge in [-0.1, -0.05) is 19.8 Å². The van der Waals surface area contributed by atoms with Gasteiger partial charge in [-0.25, -0.2) is 13.2 Å². The van der Waals surface area contributed by atoms with Gasteiger partial charge >= 0.3 is 6.03 Å². The van der Waals surface area contributed by atoms with E-state index in [2.05, 4.69) is 17.6 Å². The SMILES string of the molecule is CCCCCNC(=O)NC1CCS(=O)(=O)C1. The maximum absolute atomic E-state index is 11.4. The fraction of sp³-hybridized carbons (Fsp3) is 0.900. The lowest BCUT2D eigenvalue weighted by Crippen LogP contribution is -2.42. The topological polar surface area (TPSA) is 75.3 Å². The first-order chi connectivity index (χ1) is 7.53. The molecule has 1 aliphatic heterocycles. The van der Waals surface area contributed by atoms with Gasteiger partial charge < -0.3 is 10.6 Å². The van der Waals surface area contributed by atoms with E-state index in [9.17, 15) is 13.2 Å². The third kappa shape index (κ3) is 4.83. The summed E-state index contributed by atoms with van der Waals surface area (Å²) >= 11 is 0. The van der Waals surface area contributed by atoms with Crippen molar-refractivity contribution in [2.45, 2.75) is 38.6 Å². The van der Waals surface area contributed by atoms with Crippen molar-refractivity contribution in [3.05, 3.63) is 0 Å². The molecule has 0 aromatic rings. The van der Waals surface area contributed by atoms with E-state index in [4.69, 9.17) is 0 Å². The van der Waals surface area contributed by atoms with Crippen LogP contribution in [0, 0.1) is 0 Å². The van der Waals surface area contributed by atoms with Crippen molar-refractivity contribution in [1.82, 2.24) is 10.6 Å². The van der Waals surface area contributed by atoms with Crippen LogP contribution >= 0.6 is 0 Å². The third-order valence-corrected chi connectivity index (χ3v) is 4.40. The minimum atomic E-state index is -2.91. The molecular formula is C10H20N2O3S. The van der Waals surface area contributed by atoms with Crippen molar-refractivity contribution in [2.24, 2.45) is 0 Å². The first-order valence-electron chi connectivity index (χ1n) is 5.78. The molecule has 6 heteroatoms. The average molecular weight is 248 g/mol. The lowest BCUT2D eigenvalue weighted by Gasteiger charge is -2.11. The van der Waals surface area contributed by atoms with Gasteiger partial charge in [0.2, 0.25) is 0 Å². The first kappa shape index (κ1) is 13.3. The normalized spacial score (nSPS) is 22.9. The van der Waals surface area contributed by atoms with Gasteiger partial charge in [0, 0.05) is 12.6 Å². The van der Waals surface area contributed by atoms with E-state index in [1.54, 1.807) is 0 Å². The molecule has 1 fully saturated rings. The molecule has 1 saturated heterocycles. The summed E-state index contributed by atoms with van der Waals surface area (Å²) in [6.45, 7) is 2.75. The Bertz CT molecular complexity index is 327. The number of hydrogen-bond acceptors (Lipinski definition) is 3. The molecule has 0 aromatic heterocycles. The maximum atomic E-state index is 11.4. The molecule has 1 atom stereocenters. The van der Waals surface area contributed by atoms with Crippen molar-refractivity contribution in [3.8, 4) is 0 Å². The molecule has 0 aliphatic carbocycles. The van der Waals surface area contributed by atoms with Gasteiger partial charge in [0.1, 0.15) is 0 Å². The van der Waals surface area contributed by atoms with E-state index < -0.39 is 9.84 Å². The van der Waals surface area contributed by atoms with Crippen LogP contribution in [0.15, 0.2) is 0 Å². The van der Waals surface area contributed by atoms with E-state index >= 15 is 0 Å². The minimum Gasteiger partial charge on any atom is -0.338 e. The van der Waals surface area contributed by atoms with Crippen LogP contribution in [0.25, 0.3) is 0 Å². The largest absolute Gasteiger partial charge is 0.338 e. The number of nitrogens with one attached hydrogen (secondary N) is 2. The Hall–Kier alpha value is -0.780. The molecule has 1 rings (SSSR count). The van der Waals surface area contributed by atoms with Crippen LogP contribution < -0.4 is 10.6 Å². The second kappa shape index (κ2) is 6.08. The molecule has 2 amide bonds. The Morgan fingerprint density at radius 2 is 2.12 bits per heavy atom. The summed E-state index contributed by atoms with van der Waals surface area (Å²) in [5, 5.41) is 5.41. The van der Waals surface area contributed by atoms with Gasteiger partial charge in [0.15, 0.2) is 9.84 Å². The number of carbonyl (C=O) groups excluding carboxylic acids is 1. The van der Waals surface area contributed by atoms with Gasteiger partial charge in [0.25, 0.3) is 0 Å². The van der Waals surface area contributed by atoms with Crippen molar-refractivity contribution in [1.29, 1.82) is 0 Å². The van der Waals surface area contributed by atoms with Crippen molar-refractivity contribution >= 4 is 15.9 Å². The van der Waals surface area contributed by atoms with Gasteiger partial charge in [-0.3, -0.25) is 0 Å². The van der Waals surface area contributed by atoms with E-state index in [1.807, 2.05) is 0 Å². The Kier molecular flexibility index (Phi) is 5.05. The summed E-state index contributed by atoms with van der Waals surface area (Å²) in [6.07, 6.45) is 3.71. The molecule has 0 radical (unpaired) electrons. The molecule has 0 bridgehead atoms. The highest BCUT2D eigenvalue weighted by Crippen LogP contribution is 2.10. The van der Waals surface area contributed by atoms with Crippen LogP contribution in [0.4, 0.5) is 4.79 Å². The monoisotopic (exact) mass is 248 g/mol.